The molecule has 0 saturated heterocycles. The van der Waals surface area contributed by atoms with E-state index in [-0.39, 0.29) is 5.91 Å². The fraction of sp³-hybridized carbons (Fsp3) is 0.636. The smallest absolute Gasteiger partial charge is 0.270 e. The summed E-state index contributed by atoms with van der Waals surface area (Å²) in [4.78, 5) is 18.0. The molecule has 0 saturated carbocycles. The van der Waals surface area contributed by atoms with Crippen molar-refractivity contribution in [3.05, 3.63) is 16.1 Å². The predicted molar refractivity (Wildman–Crippen MR) is 70.4 cm³/mol. The Hall–Kier alpha value is -0.980. The molecule has 0 atom stereocenters. The summed E-state index contributed by atoms with van der Waals surface area (Å²) < 4.78 is 0. The second-order valence-corrected chi connectivity index (χ2v) is 5.02. The lowest BCUT2D eigenvalue weighted by Crippen LogP contribution is -2.27. The number of aromatic nitrogens is 1. The molecule has 6 heteroatoms. The van der Waals surface area contributed by atoms with Crippen molar-refractivity contribution in [1.82, 2.24) is 15.2 Å². The number of thiazole rings is 1. The van der Waals surface area contributed by atoms with Gasteiger partial charge in [-0.1, -0.05) is 0 Å². The number of amides is 1. The van der Waals surface area contributed by atoms with Gasteiger partial charge in [-0.05, 0) is 33.6 Å². The van der Waals surface area contributed by atoms with Crippen LogP contribution in [0.4, 0.5) is 0 Å². The van der Waals surface area contributed by atoms with Gasteiger partial charge in [0.05, 0.1) is 5.01 Å². The first-order valence-corrected chi connectivity index (χ1v) is 6.59. The Labute approximate surface area is 106 Å². The van der Waals surface area contributed by atoms with Crippen molar-refractivity contribution in [3.63, 3.8) is 0 Å². The van der Waals surface area contributed by atoms with Crippen LogP contribution >= 0.6 is 11.3 Å². The Morgan fingerprint density at radius 2 is 2.35 bits per heavy atom. The third kappa shape index (κ3) is 5.25. The molecule has 0 aliphatic carbocycles. The Bertz CT molecular complexity index is 351. The molecule has 17 heavy (non-hydrogen) atoms. The Balaban J connectivity index is 2.31. The molecule has 0 aliphatic rings. The Kier molecular flexibility index (Phi) is 6.10. The highest BCUT2D eigenvalue weighted by Crippen LogP contribution is 2.09. The highest BCUT2D eigenvalue weighted by atomic mass is 32.1. The lowest BCUT2D eigenvalue weighted by Gasteiger charge is -2.09. The van der Waals surface area contributed by atoms with E-state index in [0.717, 1.165) is 24.4 Å². The Morgan fingerprint density at radius 1 is 1.59 bits per heavy atom. The minimum Gasteiger partial charge on any atom is -0.351 e. The molecular formula is C11H20N4OS. The van der Waals surface area contributed by atoms with E-state index in [2.05, 4.69) is 15.2 Å². The van der Waals surface area contributed by atoms with Crippen LogP contribution in [0, 0.1) is 0 Å². The zero-order chi connectivity index (χ0) is 12.7. The first-order chi connectivity index (χ1) is 8.13. The van der Waals surface area contributed by atoms with Crippen molar-refractivity contribution in [2.24, 2.45) is 5.73 Å². The van der Waals surface area contributed by atoms with Crippen molar-refractivity contribution < 1.29 is 4.79 Å². The molecule has 1 amide bonds. The summed E-state index contributed by atoms with van der Waals surface area (Å²) in [6.45, 7) is 2.22. The third-order valence-electron chi connectivity index (χ3n) is 2.21. The van der Waals surface area contributed by atoms with Gasteiger partial charge in [0.25, 0.3) is 5.91 Å². The molecule has 0 aromatic carbocycles. The maximum atomic E-state index is 11.7. The van der Waals surface area contributed by atoms with Crippen molar-refractivity contribution in [2.45, 2.75) is 12.8 Å². The van der Waals surface area contributed by atoms with E-state index >= 15 is 0 Å². The quantitative estimate of drug-likeness (QED) is 0.690. The number of carbonyl (C=O) groups excluding carboxylic acids is 1. The van der Waals surface area contributed by atoms with Crippen LogP contribution in [0.15, 0.2) is 5.38 Å². The summed E-state index contributed by atoms with van der Waals surface area (Å²) >= 11 is 1.49. The van der Waals surface area contributed by atoms with Crippen LogP contribution in [-0.2, 0) is 6.42 Å². The maximum absolute atomic E-state index is 11.7. The number of nitrogens with two attached hydrogens (primary N) is 1. The van der Waals surface area contributed by atoms with Gasteiger partial charge in [0.15, 0.2) is 0 Å². The van der Waals surface area contributed by atoms with Gasteiger partial charge in [-0.3, -0.25) is 4.79 Å². The van der Waals surface area contributed by atoms with Gasteiger partial charge in [-0.2, -0.15) is 0 Å². The molecule has 1 heterocycles. The molecule has 1 aromatic heterocycles. The van der Waals surface area contributed by atoms with Crippen LogP contribution in [-0.4, -0.2) is 49.5 Å². The second kappa shape index (κ2) is 7.37. The number of carbonyl (C=O) groups is 1. The number of hydrogen-bond donors (Lipinski definition) is 2. The van der Waals surface area contributed by atoms with Gasteiger partial charge in [0.2, 0.25) is 0 Å². The predicted octanol–water partition coefficient (Wildman–Crippen LogP) is 0.326. The SMILES string of the molecule is CN(C)CCCNC(=O)c1csc(CCN)n1. The van der Waals surface area contributed by atoms with Gasteiger partial charge in [-0.15, -0.1) is 11.3 Å². The summed E-state index contributed by atoms with van der Waals surface area (Å²) in [6, 6.07) is 0. The summed E-state index contributed by atoms with van der Waals surface area (Å²) in [6.07, 6.45) is 1.68. The molecule has 1 rings (SSSR count). The topological polar surface area (TPSA) is 71.2 Å². The molecule has 3 N–H and O–H groups in total. The van der Waals surface area contributed by atoms with Crippen molar-refractivity contribution in [1.29, 1.82) is 0 Å². The average Bonchev–Trinajstić information content (AvgIpc) is 2.73. The lowest BCUT2D eigenvalue weighted by atomic mass is 10.3. The van der Waals surface area contributed by atoms with Crippen LogP contribution in [0.25, 0.3) is 0 Å². The number of nitrogens with zero attached hydrogens (tertiary/aromatic N) is 2. The monoisotopic (exact) mass is 256 g/mol. The highest BCUT2D eigenvalue weighted by Gasteiger charge is 2.09. The van der Waals surface area contributed by atoms with Gasteiger partial charge in [0, 0.05) is 18.3 Å². The molecule has 0 aliphatic heterocycles. The molecule has 0 spiro atoms. The maximum Gasteiger partial charge on any atom is 0.270 e. The summed E-state index contributed by atoms with van der Waals surface area (Å²) in [5.41, 5.74) is 5.94. The second-order valence-electron chi connectivity index (χ2n) is 4.08. The molecular weight excluding hydrogens is 236 g/mol. The molecule has 0 radical (unpaired) electrons. The zero-order valence-corrected chi connectivity index (χ0v) is 11.2. The average molecular weight is 256 g/mol. The number of rotatable bonds is 7. The van der Waals surface area contributed by atoms with Crippen LogP contribution in [0.3, 0.4) is 0 Å². The largest absolute Gasteiger partial charge is 0.351 e. The number of hydrogen-bond acceptors (Lipinski definition) is 5. The van der Waals surface area contributed by atoms with Crippen LogP contribution < -0.4 is 11.1 Å². The number of nitrogens with one attached hydrogen (secondary N) is 1. The van der Waals surface area contributed by atoms with E-state index in [1.165, 1.54) is 11.3 Å². The fourth-order valence-corrected chi connectivity index (χ4v) is 2.14. The van der Waals surface area contributed by atoms with Crippen molar-refractivity contribution >= 4 is 17.2 Å². The first-order valence-electron chi connectivity index (χ1n) is 5.71. The summed E-state index contributed by atoms with van der Waals surface area (Å²) in [5, 5.41) is 5.56. The molecule has 1 aromatic rings. The van der Waals surface area contributed by atoms with Crippen LogP contribution in [0.5, 0.6) is 0 Å². The van der Waals surface area contributed by atoms with Gasteiger partial charge in [-0.25, -0.2) is 4.98 Å². The molecule has 0 fully saturated rings. The van der Waals surface area contributed by atoms with E-state index in [1.54, 1.807) is 5.38 Å². The van der Waals surface area contributed by atoms with E-state index in [0.29, 0.717) is 18.8 Å². The summed E-state index contributed by atoms with van der Waals surface area (Å²) in [7, 11) is 4.03. The third-order valence-corrected chi connectivity index (χ3v) is 3.12. The van der Waals surface area contributed by atoms with Crippen LogP contribution in [0.2, 0.25) is 0 Å². The standard InChI is InChI=1S/C11H20N4OS/c1-15(2)7-3-6-13-11(16)9-8-17-10(14-9)4-5-12/h8H,3-7,12H2,1-2H3,(H,13,16). The zero-order valence-electron chi connectivity index (χ0n) is 10.4. The van der Waals surface area contributed by atoms with E-state index in [1.807, 2.05) is 14.1 Å². The van der Waals surface area contributed by atoms with Crippen molar-refractivity contribution in [2.75, 3.05) is 33.7 Å². The van der Waals surface area contributed by atoms with Gasteiger partial charge in [0.1, 0.15) is 5.69 Å². The van der Waals surface area contributed by atoms with E-state index < -0.39 is 0 Å². The molecule has 0 unspecified atom stereocenters. The fourth-order valence-electron chi connectivity index (χ4n) is 1.34. The molecule has 5 nitrogen and oxygen atoms in total. The highest BCUT2D eigenvalue weighted by molar-refractivity contribution is 7.09. The molecule has 96 valence electrons. The summed E-state index contributed by atoms with van der Waals surface area (Å²) in [5.74, 6) is -0.0942. The molecule has 0 bridgehead atoms. The lowest BCUT2D eigenvalue weighted by molar-refractivity contribution is 0.0948. The minimum absolute atomic E-state index is 0.0942. The van der Waals surface area contributed by atoms with E-state index in [4.69, 9.17) is 5.73 Å². The normalized spacial score (nSPS) is 10.8. The van der Waals surface area contributed by atoms with Crippen molar-refractivity contribution in [3.8, 4) is 0 Å². The minimum atomic E-state index is -0.0942. The van der Waals surface area contributed by atoms with E-state index in [9.17, 15) is 4.79 Å². The van der Waals surface area contributed by atoms with Gasteiger partial charge >= 0.3 is 0 Å². The Morgan fingerprint density at radius 3 is 3.00 bits per heavy atom. The van der Waals surface area contributed by atoms with Gasteiger partial charge < -0.3 is 16.0 Å². The van der Waals surface area contributed by atoms with Crippen LogP contribution in [0.1, 0.15) is 21.9 Å². The first kappa shape index (κ1) is 14.1.